The van der Waals surface area contributed by atoms with Crippen molar-refractivity contribution in [3.05, 3.63) is 28.2 Å². The van der Waals surface area contributed by atoms with Crippen molar-refractivity contribution in [2.24, 2.45) is 23.2 Å². The van der Waals surface area contributed by atoms with Crippen LogP contribution in [-0.4, -0.2) is 47.9 Å². The van der Waals surface area contributed by atoms with E-state index in [4.69, 9.17) is 4.74 Å². The molecule has 4 aliphatic rings. The number of carbonyl (C=O) groups is 1. The number of methoxy groups -OCH3 is 1. The van der Waals surface area contributed by atoms with Crippen molar-refractivity contribution in [2.45, 2.75) is 45.1 Å². The first-order valence-electron chi connectivity index (χ1n) is 9.80. The largest absolute Gasteiger partial charge is 0.383 e. The molecule has 1 amide bonds. The van der Waals surface area contributed by atoms with E-state index in [-0.39, 0.29) is 11.5 Å². The van der Waals surface area contributed by atoms with Crippen LogP contribution in [0.4, 0.5) is 0 Å². The Morgan fingerprint density at radius 2 is 1.85 bits per heavy atom. The molecule has 0 saturated heterocycles. The van der Waals surface area contributed by atoms with Crippen molar-refractivity contribution in [1.29, 1.82) is 0 Å². The predicted octanol–water partition coefficient (Wildman–Crippen LogP) is 2.18. The average Bonchev–Trinajstić information content (AvgIpc) is 2.58. The van der Waals surface area contributed by atoms with Gasteiger partial charge in [0.1, 0.15) is 5.69 Å². The summed E-state index contributed by atoms with van der Waals surface area (Å²) < 4.78 is 6.33. The molecule has 4 saturated carbocycles. The summed E-state index contributed by atoms with van der Waals surface area (Å²) >= 11 is 0. The molecule has 1 aromatic heterocycles. The molecule has 0 aromatic carbocycles. The van der Waals surface area contributed by atoms with Crippen LogP contribution in [0, 0.1) is 23.2 Å². The van der Waals surface area contributed by atoms with Crippen molar-refractivity contribution < 1.29 is 9.53 Å². The van der Waals surface area contributed by atoms with E-state index in [1.54, 1.807) is 13.2 Å². The molecule has 0 atom stereocenters. The maximum atomic E-state index is 12.9. The van der Waals surface area contributed by atoms with Crippen molar-refractivity contribution >= 4 is 5.91 Å². The van der Waals surface area contributed by atoms with E-state index in [0.717, 1.165) is 24.3 Å². The molecule has 1 aromatic rings. The Balaban J connectivity index is 1.47. The second-order valence-corrected chi connectivity index (χ2v) is 8.85. The van der Waals surface area contributed by atoms with Gasteiger partial charge < -0.3 is 9.64 Å². The van der Waals surface area contributed by atoms with Gasteiger partial charge in [0.2, 0.25) is 0 Å². The van der Waals surface area contributed by atoms with E-state index in [1.807, 2.05) is 11.9 Å². The lowest BCUT2D eigenvalue weighted by molar-refractivity contribution is -0.0629. The summed E-state index contributed by atoms with van der Waals surface area (Å²) in [4.78, 5) is 26.6. The number of carbonyl (C=O) groups excluding carboxylic acids is 1. The molecule has 0 aliphatic heterocycles. The third-order valence-electron chi connectivity index (χ3n) is 6.68. The minimum Gasteiger partial charge on any atom is -0.383 e. The van der Waals surface area contributed by atoms with Gasteiger partial charge in [-0.05, 0) is 67.8 Å². The van der Waals surface area contributed by atoms with Crippen LogP contribution in [0.25, 0.3) is 0 Å². The molecule has 6 heteroatoms. The van der Waals surface area contributed by atoms with Gasteiger partial charge in [0.25, 0.3) is 11.5 Å². The highest BCUT2D eigenvalue weighted by Gasteiger charge is 2.51. The normalized spacial score (nSPS) is 32.0. The second kappa shape index (κ2) is 6.80. The molecule has 4 bridgehead atoms. The van der Waals surface area contributed by atoms with Gasteiger partial charge in [-0.1, -0.05) is 0 Å². The monoisotopic (exact) mass is 359 g/mol. The standard InChI is InChI=1S/C20H29N3O3/c1-22(13-20-10-14-7-15(11-20)9-16(8-14)12-20)19(25)17-3-4-18(24)23(21-17)5-6-26-2/h3-4,14-16H,5-13H2,1-2H3. The molecule has 0 radical (unpaired) electrons. The fourth-order valence-electron chi connectivity index (χ4n) is 6.16. The van der Waals surface area contributed by atoms with E-state index in [2.05, 4.69) is 5.10 Å². The highest BCUT2D eigenvalue weighted by atomic mass is 16.5. The molecular weight excluding hydrogens is 330 g/mol. The first kappa shape index (κ1) is 17.7. The van der Waals surface area contributed by atoms with Gasteiger partial charge in [-0.15, -0.1) is 0 Å². The van der Waals surface area contributed by atoms with Gasteiger partial charge in [-0.3, -0.25) is 9.59 Å². The molecule has 4 aliphatic carbocycles. The van der Waals surface area contributed by atoms with Gasteiger partial charge in [0.05, 0.1) is 13.2 Å². The van der Waals surface area contributed by atoms with Crippen LogP contribution in [-0.2, 0) is 11.3 Å². The van der Waals surface area contributed by atoms with Crippen LogP contribution in [0.15, 0.2) is 16.9 Å². The van der Waals surface area contributed by atoms with Crippen LogP contribution < -0.4 is 5.56 Å². The summed E-state index contributed by atoms with van der Waals surface area (Å²) in [5.41, 5.74) is 0.444. The van der Waals surface area contributed by atoms with Crippen molar-refractivity contribution in [3.8, 4) is 0 Å². The molecule has 26 heavy (non-hydrogen) atoms. The molecule has 1 heterocycles. The Hall–Kier alpha value is -1.69. The van der Waals surface area contributed by atoms with E-state index >= 15 is 0 Å². The molecule has 0 N–H and O–H groups in total. The first-order valence-corrected chi connectivity index (χ1v) is 9.80. The fourth-order valence-corrected chi connectivity index (χ4v) is 6.16. The highest BCUT2D eigenvalue weighted by molar-refractivity contribution is 5.91. The van der Waals surface area contributed by atoms with Gasteiger partial charge in [0.15, 0.2) is 0 Å². The van der Waals surface area contributed by atoms with Crippen LogP contribution in [0.3, 0.4) is 0 Å². The Kier molecular flexibility index (Phi) is 4.63. The Bertz CT molecular complexity index is 707. The van der Waals surface area contributed by atoms with Crippen molar-refractivity contribution in [3.63, 3.8) is 0 Å². The fraction of sp³-hybridized carbons (Fsp3) is 0.750. The van der Waals surface area contributed by atoms with E-state index in [1.165, 1.54) is 49.3 Å². The van der Waals surface area contributed by atoms with E-state index in [0.29, 0.717) is 24.3 Å². The van der Waals surface area contributed by atoms with E-state index < -0.39 is 0 Å². The minimum absolute atomic E-state index is 0.0908. The molecule has 6 nitrogen and oxygen atoms in total. The zero-order valence-corrected chi connectivity index (χ0v) is 15.8. The molecular formula is C20H29N3O3. The number of amides is 1. The summed E-state index contributed by atoms with van der Waals surface area (Å²) in [5, 5.41) is 4.26. The van der Waals surface area contributed by atoms with Crippen LogP contribution in [0.5, 0.6) is 0 Å². The Morgan fingerprint density at radius 3 is 2.42 bits per heavy atom. The highest BCUT2D eigenvalue weighted by Crippen LogP contribution is 2.60. The predicted molar refractivity (Wildman–Crippen MR) is 97.9 cm³/mol. The lowest BCUT2D eigenvalue weighted by Crippen LogP contribution is -2.51. The van der Waals surface area contributed by atoms with Gasteiger partial charge in [-0.2, -0.15) is 5.10 Å². The quantitative estimate of drug-likeness (QED) is 0.781. The second-order valence-electron chi connectivity index (χ2n) is 8.85. The van der Waals surface area contributed by atoms with Crippen molar-refractivity contribution in [2.75, 3.05) is 27.3 Å². The summed E-state index contributed by atoms with van der Waals surface area (Å²) in [6.45, 7) is 1.57. The molecule has 0 unspecified atom stereocenters. The van der Waals surface area contributed by atoms with Gasteiger partial charge in [-0.25, -0.2) is 4.68 Å². The lowest BCUT2D eigenvalue weighted by atomic mass is 9.49. The zero-order valence-electron chi connectivity index (χ0n) is 15.8. The first-order chi connectivity index (χ1) is 12.5. The maximum absolute atomic E-state index is 12.9. The topological polar surface area (TPSA) is 64.4 Å². The summed E-state index contributed by atoms with van der Waals surface area (Å²) in [5.74, 6) is 2.53. The van der Waals surface area contributed by atoms with Gasteiger partial charge >= 0.3 is 0 Å². The smallest absolute Gasteiger partial charge is 0.274 e. The van der Waals surface area contributed by atoms with Crippen LogP contribution in [0.1, 0.15) is 49.0 Å². The van der Waals surface area contributed by atoms with Crippen molar-refractivity contribution in [1.82, 2.24) is 14.7 Å². The lowest BCUT2D eigenvalue weighted by Gasteiger charge is -2.57. The zero-order chi connectivity index (χ0) is 18.3. The number of hydrogen-bond donors (Lipinski definition) is 0. The summed E-state index contributed by atoms with van der Waals surface area (Å²) in [6.07, 6.45) is 8.04. The maximum Gasteiger partial charge on any atom is 0.274 e. The third-order valence-corrected chi connectivity index (χ3v) is 6.68. The number of rotatable bonds is 6. The molecule has 0 spiro atoms. The number of hydrogen-bond acceptors (Lipinski definition) is 4. The average molecular weight is 359 g/mol. The SMILES string of the molecule is COCCn1nc(C(=O)N(C)CC23CC4CC(CC(C4)C2)C3)ccc1=O. The number of aromatic nitrogens is 2. The summed E-state index contributed by atoms with van der Waals surface area (Å²) in [6, 6.07) is 2.97. The van der Waals surface area contributed by atoms with Crippen LogP contribution >= 0.6 is 0 Å². The van der Waals surface area contributed by atoms with Gasteiger partial charge in [0, 0.05) is 26.8 Å². The minimum atomic E-state index is -0.206. The molecule has 5 rings (SSSR count). The van der Waals surface area contributed by atoms with Crippen LogP contribution in [0.2, 0.25) is 0 Å². The summed E-state index contributed by atoms with van der Waals surface area (Å²) in [7, 11) is 3.46. The Labute approximate surface area is 154 Å². The van der Waals surface area contributed by atoms with E-state index in [9.17, 15) is 9.59 Å². The number of nitrogens with zero attached hydrogens (tertiary/aromatic N) is 3. The molecule has 142 valence electrons. The third kappa shape index (κ3) is 3.31. The number of ether oxygens (including phenoxy) is 1. The molecule has 4 fully saturated rings. The Morgan fingerprint density at radius 1 is 1.23 bits per heavy atom.